The van der Waals surface area contributed by atoms with E-state index in [1.807, 2.05) is 30.6 Å². The van der Waals surface area contributed by atoms with E-state index in [1.165, 1.54) is 11.1 Å². The molecule has 0 saturated carbocycles. The Balaban J connectivity index is 2.24. The normalized spacial score (nSPS) is 10.2. The molecule has 0 radical (unpaired) electrons. The highest BCUT2D eigenvalue weighted by Crippen LogP contribution is 2.07. The summed E-state index contributed by atoms with van der Waals surface area (Å²) in [6.07, 6.45) is 7.88. The molecule has 0 fully saturated rings. The van der Waals surface area contributed by atoms with Crippen molar-refractivity contribution in [3.8, 4) is 0 Å². The zero-order valence-electron chi connectivity index (χ0n) is 7.64. The van der Waals surface area contributed by atoms with Gasteiger partial charge in [-0.15, -0.1) is 0 Å². The fourth-order valence-electron chi connectivity index (χ4n) is 1.33. The van der Waals surface area contributed by atoms with Crippen LogP contribution in [0.5, 0.6) is 0 Å². The molecule has 0 unspecified atom stereocenters. The van der Waals surface area contributed by atoms with Gasteiger partial charge in [0.05, 0.1) is 0 Å². The second-order valence-corrected chi connectivity index (χ2v) is 3.16. The molecular weight excluding hydrogens is 160 g/mol. The van der Waals surface area contributed by atoms with Gasteiger partial charge in [-0.25, -0.2) is 0 Å². The highest BCUT2D eigenvalue weighted by atomic mass is 14.9. The van der Waals surface area contributed by atoms with Crippen LogP contribution in [-0.4, -0.2) is 9.55 Å². The molecule has 2 heterocycles. The molecule has 0 N–H and O–H groups in total. The van der Waals surface area contributed by atoms with E-state index in [1.54, 1.807) is 0 Å². The standard InChI is InChI=1S/C11H12N2/c1-10-4-5-12-8-11(10)9-13-6-2-3-7-13/h2-8H,9H2,1H3. The van der Waals surface area contributed by atoms with Gasteiger partial charge in [0.15, 0.2) is 0 Å². The van der Waals surface area contributed by atoms with E-state index < -0.39 is 0 Å². The molecule has 0 aliphatic carbocycles. The molecule has 13 heavy (non-hydrogen) atoms. The van der Waals surface area contributed by atoms with Gasteiger partial charge in [-0.05, 0) is 36.2 Å². The number of aromatic nitrogens is 2. The minimum atomic E-state index is 0.909. The van der Waals surface area contributed by atoms with E-state index in [2.05, 4.69) is 28.9 Å². The average molecular weight is 172 g/mol. The van der Waals surface area contributed by atoms with E-state index in [0.29, 0.717) is 0 Å². The summed E-state index contributed by atoms with van der Waals surface area (Å²) < 4.78 is 2.14. The summed E-state index contributed by atoms with van der Waals surface area (Å²) in [6.45, 7) is 3.02. The molecule has 2 rings (SSSR count). The topological polar surface area (TPSA) is 17.8 Å². The summed E-state index contributed by atoms with van der Waals surface area (Å²) in [5, 5.41) is 0. The van der Waals surface area contributed by atoms with Crippen LogP contribution in [0.1, 0.15) is 11.1 Å². The molecule has 0 atom stereocenters. The maximum absolute atomic E-state index is 4.11. The highest BCUT2D eigenvalue weighted by molar-refractivity contribution is 5.21. The summed E-state index contributed by atoms with van der Waals surface area (Å²) in [6, 6.07) is 6.11. The van der Waals surface area contributed by atoms with Gasteiger partial charge in [0.2, 0.25) is 0 Å². The number of hydrogen-bond donors (Lipinski definition) is 0. The van der Waals surface area contributed by atoms with E-state index >= 15 is 0 Å². The minimum absolute atomic E-state index is 0.909. The third-order valence-corrected chi connectivity index (χ3v) is 2.17. The highest BCUT2D eigenvalue weighted by Gasteiger charge is 1.97. The van der Waals surface area contributed by atoms with Gasteiger partial charge in [0.1, 0.15) is 0 Å². The first-order valence-corrected chi connectivity index (χ1v) is 4.36. The quantitative estimate of drug-likeness (QED) is 0.679. The van der Waals surface area contributed by atoms with Gasteiger partial charge in [-0.3, -0.25) is 4.98 Å². The third kappa shape index (κ3) is 1.78. The van der Waals surface area contributed by atoms with E-state index in [-0.39, 0.29) is 0 Å². The van der Waals surface area contributed by atoms with Crippen LogP contribution >= 0.6 is 0 Å². The Morgan fingerprint density at radius 3 is 2.77 bits per heavy atom. The maximum atomic E-state index is 4.11. The van der Waals surface area contributed by atoms with Crippen molar-refractivity contribution in [3.05, 3.63) is 54.1 Å². The summed E-state index contributed by atoms with van der Waals surface area (Å²) in [5.74, 6) is 0. The Labute approximate surface area is 77.9 Å². The second-order valence-electron chi connectivity index (χ2n) is 3.16. The Bertz CT molecular complexity index is 377. The zero-order chi connectivity index (χ0) is 9.10. The van der Waals surface area contributed by atoms with Crippen LogP contribution in [-0.2, 0) is 6.54 Å². The van der Waals surface area contributed by atoms with Crippen molar-refractivity contribution in [3.63, 3.8) is 0 Å². The lowest BCUT2D eigenvalue weighted by Gasteiger charge is -2.05. The van der Waals surface area contributed by atoms with Crippen molar-refractivity contribution >= 4 is 0 Å². The molecule has 0 bridgehead atoms. The summed E-state index contributed by atoms with van der Waals surface area (Å²) in [4.78, 5) is 4.11. The molecule has 0 saturated heterocycles. The van der Waals surface area contributed by atoms with E-state index in [9.17, 15) is 0 Å². The van der Waals surface area contributed by atoms with Crippen molar-refractivity contribution in [2.24, 2.45) is 0 Å². The SMILES string of the molecule is Cc1ccncc1Cn1cccc1. The molecule has 0 aliphatic heterocycles. The molecule has 0 spiro atoms. The summed E-state index contributed by atoms with van der Waals surface area (Å²) in [5.41, 5.74) is 2.57. The van der Waals surface area contributed by atoms with Crippen molar-refractivity contribution in [2.75, 3.05) is 0 Å². The fourth-order valence-corrected chi connectivity index (χ4v) is 1.33. The van der Waals surface area contributed by atoms with Crippen molar-refractivity contribution in [2.45, 2.75) is 13.5 Å². The fraction of sp³-hybridized carbons (Fsp3) is 0.182. The number of rotatable bonds is 2. The predicted octanol–water partition coefficient (Wildman–Crippen LogP) is 2.24. The number of pyridine rings is 1. The molecule has 66 valence electrons. The molecule has 0 aromatic carbocycles. The van der Waals surface area contributed by atoms with Crippen LogP contribution in [0.2, 0.25) is 0 Å². The van der Waals surface area contributed by atoms with Crippen LogP contribution < -0.4 is 0 Å². The Kier molecular flexibility index (Phi) is 2.13. The van der Waals surface area contributed by atoms with Crippen molar-refractivity contribution in [1.29, 1.82) is 0 Å². The van der Waals surface area contributed by atoms with Crippen LogP contribution in [0.25, 0.3) is 0 Å². The van der Waals surface area contributed by atoms with Crippen LogP contribution in [0.3, 0.4) is 0 Å². The first kappa shape index (κ1) is 8.05. The minimum Gasteiger partial charge on any atom is -0.350 e. The summed E-state index contributed by atoms with van der Waals surface area (Å²) >= 11 is 0. The Morgan fingerprint density at radius 2 is 2.08 bits per heavy atom. The van der Waals surface area contributed by atoms with Gasteiger partial charge in [-0.2, -0.15) is 0 Å². The monoisotopic (exact) mass is 172 g/mol. The predicted molar refractivity (Wildman–Crippen MR) is 52.5 cm³/mol. The van der Waals surface area contributed by atoms with Crippen molar-refractivity contribution in [1.82, 2.24) is 9.55 Å². The van der Waals surface area contributed by atoms with Gasteiger partial charge >= 0.3 is 0 Å². The van der Waals surface area contributed by atoms with Crippen molar-refractivity contribution < 1.29 is 0 Å². The van der Waals surface area contributed by atoms with Gasteiger partial charge in [0.25, 0.3) is 0 Å². The lowest BCUT2D eigenvalue weighted by atomic mass is 10.1. The second kappa shape index (κ2) is 3.44. The first-order chi connectivity index (χ1) is 6.36. The number of hydrogen-bond acceptors (Lipinski definition) is 1. The Hall–Kier alpha value is -1.57. The molecule has 2 aromatic rings. The molecule has 2 nitrogen and oxygen atoms in total. The van der Waals surface area contributed by atoms with Gasteiger partial charge in [-0.1, -0.05) is 0 Å². The molecule has 0 amide bonds. The number of nitrogens with zero attached hydrogens (tertiary/aromatic N) is 2. The lowest BCUT2D eigenvalue weighted by Crippen LogP contribution is -1.98. The largest absolute Gasteiger partial charge is 0.350 e. The maximum Gasteiger partial charge on any atom is 0.0488 e. The first-order valence-electron chi connectivity index (χ1n) is 4.36. The average Bonchev–Trinajstić information content (AvgIpc) is 2.61. The zero-order valence-corrected chi connectivity index (χ0v) is 7.64. The molecule has 0 aliphatic rings. The van der Waals surface area contributed by atoms with Crippen LogP contribution in [0, 0.1) is 6.92 Å². The lowest BCUT2D eigenvalue weighted by molar-refractivity contribution is 0.796. The Morgan fingerprint density at radius 1 is 1.31 bits per heavy atom. The third-order valence-electron chi connectivity index (χ3n) is 2.17. The smallest absolute Gasteiger partial charge is 0.0488 e. The van der Waals surface area contributed by atoms with E-state index in [4.69, 9.17) is 0 Å². The van der Waals surface area contributed by atoms with E-state index in [0.717, 1.165) is 6.54 Å². The molecule has 2 heteroatoms. The summed E-state index contributed by atoms with van der Waals surface area (Å²) in [7, 11) is 0. The molecular formula is C11H12N2. The van der Waals surface area contributed by atoms with Crippen LogP contribution in [0.4, 0.5) is 0 Å². The van der Waals surface area contributed by atoms with Gasteiger partial charge in [0, 0.05) is 31.3 Å². The molecule has 2 aromatic heterocycles. The van der Waals surface area contributed by atoms with Gasteiger partial charge < -0.3 is 4.57 Å². The van der Waals surface area contributed by atoms with Crippen LogP contribution in [0.15, 0.2) is 43.0 Å². The number of aryl methyl sites for hydroxylation is 1.